The largest absolute Gasteiger partial charge is 0.442 e. The third-order valence-corrected chi connectivity index (χ3v) is 5.56. The molecule has 3 fully saturated rings. The van der Waals surface area contributed by atoms with E-state index in [0.717, 1.165) is 26.1 Å². The zero-order chi connectivity index (χ0) is 16.5. The summed E-state index contributed by atoms with van der Waals surface area (Å²) >= 11 is 0. The molecule has 24 heavy (non-hydrogen) atoms. The molecule has 5 rings (SSSR count). The standard InChI is InChI=1S/C17H20N4O3/c1-8-11(15(22)20-13-9-5-23-6-10(9)13)12-14(21-17(2)3-4-17)18-7-19-16(12)24-8/h7,9-10,13H,3-6H2,1-2H3,(H,20,22)(H,18,19,21)/t9-,10+,13-. The molecule has 2 aromatic rings. The van der Waals surface area contributed by atoms with Gasteiger partial charge in [0.1, 0.15) is 17.9 Å². The van der Waals surface area contributed by atoms with E-state index in [2.05, 4.69) is 27.5 Å². The third kappa shape index (κ3) is 2.11. The predicted molar refractivity (Wildman–Crippen MR) is 86.9 cm³/mol. The highest BCUT2D eigenvalue weighted by Gasteiger charge is 2.55. The SMILES string of the molecule is Cc1oc2ncnc(NC3(C)CC3)c2c1C(=O)N[C@@H]1[C@@H]2COC[C@@H]21. The molecule has 7 nitrogen and oxygen atoms in total. The van der Waals surface area contributed by atoms with Crippen molar-refractivity contribution in [2.45, 2.75) is 38.3 Å². The summed E-state index contributed by atoms with van der Waals surface area (Å²) < 4.78 is 11.1. The van der Waals surface area contributed by atoms with E-state index in [1.807, 2.05) is 0 Å². The molecule has 2 aliphatic carbocycles. The lowest BCUT2D eigenvalue weighted by Crippen LogP contribution is -2.30. The van der Waals surface area contributed by atoms with E-state index in [1.165, 1.54) is 6.33 Å². The van der Waals surface area contributed by atoms with Crippen LogP contribution < -0.4 is 10.6 Å². The maximum Gasteiger partial charge on any atom is 0.255 e. The number of nitrogens with one attached hydrogen (secondary N) is 2. The minimum atomic E-state index is -0.107. The maximum absolute atomic E-state index is 12.9. The van der Waals surface area contributed by atoms with Crippen LogP contribution in [0.15, 0.2) is 10.7 Å². The van der Waals surface area contributed by atoms with Crippen molar-refractivity contribution in [2.24, 2.45) is 11.8 Å². The number of aryl methyl sites for hydroxylation is 1. The molecule has 0 spiro atoms. The van der Waals surface area contributed by atoms with Gasteiger partial charge in [-0.2, -0.15) is 0 Å². The second-order valence-corrected chi connectivity index (χ2v) is 7.49. The number of carbonyl (C=O) groups is 1. The Labute approximate surface area is 139 Å². The van der Waals surface area contributed by atoms with Crippen molar-refractivity contribution in [3.63, 3.8) is 0 Å². The lowest BCUT2D eigenvalue weighted by molar-refractivity contribution is 0.0929. The van der Waals surface area contributed by atoms with Gasteiger partial charge in [0.2, 0.25) is 5.71 Å². The summed E-state index contributed by atoms with van der Waals surface area (Å²) in [6.45, 7) is 5.44. The van der Waals surface area contributed by atoms with E-state index in [0.29, 0.717) is 40.1 Å². The number of nitrogens with zero attached hydrogens (tertiary/aromatic N) is 2. The van der Waals surface area contributed by atoms with Gasteiger partial charge >= 0.3 is 0 Å². The molecule has 7 heteroatoms. The molecule has 1 aliphatic heterocycles. The molecule has 3 aliphatic rings. The Balaban J connectivity index is 1.49. The molecule has 1 amide bonds. The third-order valence-electron chi connectivity index (χ3n) is 5.56. The van der Waals surface area contributed by atoms with Crippen LogP contribution in [0.25, 0.3) is 11.1 Å². The highest BCUT2D eigenvalue weighted by molar-refractivity contribution is 6.10. The number of furan rings is 1. The predicted octanol–water partition coefficient (Wildman–Crippen LogP) is 1.87. The lowest BCUT2D eigenvalue weighted by Gasteiger charge is -2.13. The fourth-order valence-electron chi connectivity index (χ4n) is 3.69. The number of hydrogen-bond donors (Lipinski definition) is 2. The number of carbonyl (C=O) groups excluding carboxylic acids is 1. The van der Waals surface area contributed by atoms with Crippen LogP contribution in [0.5, 0.6) is 0 Å². The van der Waals surface area contributed by atoms with Crippen LogP contribution in [0, 0.1) is 18.8 Å². The number of ether oxygens (including phenoxy) is 1. The number of amides is 1. The first kappa shape index (κ1) is 14.2. The van der Waals surface area contributed by atoms with E-state index in [-0.39, 0.29) is 17.5 Å². The fraction of sp³-hybridized carbons (Fsp3) is 0.588. The van der Waals surface area contributed by atoms with Crippen molar-refractivity contribution in [1.29, 1.82) is 0 Å². The van der Waals surface area contributed by atoms with Crippen LogP contribution in [-0.2, 0) is 4.74 Å². The van der Waals surface area contributed by atoms with Crippen molar-refractivity contribution in [1.82, 2.24) is 15.3 Å². The topological polar surface area (TPSA) is 89.3 Å². The van der Waals surface area contributed by atoms with Crippen LogP contribution in [0.2, 0.25) is 0 Å². The Bertz CT molecular complexity index is 832. The van der Waals surface area contributed by atoms with Crippen molar-refractivity contribution in [2.75, 3.05) is 18.5 Å². The summed E-state index contributed by atoms with van der Waals surface area (Å²) in [5.74, 6) is 2.08. The maximum atomic E-state index is 12.9. The van der Waals surface area contributed by atoms with Crippen LogP contribution in [0.4, 0.5) is 5.82 Å². The van der Waals surface area contributed by atoms with E-state index in [9.17, 15) is 4.79 Å². The Hall–Kier alpha value is -2.15. The number of anilines is 1. The second-order valence-electron chi connectivity index (χ2n) is 7.49. The minimum Gasteiger partial charge on any atom is -0.442 e. The molecule has 3 heterocycles. The molecule has 0 radical (unpaired) electrons. The van der Waals surface area contributed by atoms with Crippen molar-refractivity contribution < 1.29 is 13.9 Å². The van der Waals surface area contributed by atoms with Gasteiger partial charge in [-0.25, -0.2) is 9.97 Å². The average Bonchev–Trinajstić information content (AvgIpc) is 3.27. The Kier molecular flexibility index (Phi) is 2.78. The van der Waals surface area contributed by atoms with Gasteiger partial charge < -0.3 is 19.8 Å². The number of hydrogen-bond acceptors (Lipinski definition) is 6. The second kappa shape index (κ2) is 4.69. The summed E-state index contributed by atoms with van der Waals surface area (Å²) in [6, 6.07) is 0.220. The molecule has 0 bridgehead atoms. The van der Waals surface area contributed by atoms with E-state index < -0.39 is 0 Å². The van der Waals surface area contributed by atoms with Crippen molar-refractivity contribution in [3.8, 4) is 0 Å². The van der Waals surface area contributed by atoms with Gasteiger partial charge in [0, 0.05) is 23.4 Å². The van der Waals surface area contributed by atoms with Crippen LogP contribution >= 0.6 is 0 Å². The smallest absolute Gasteiger partial charge is 0.255 e. The molecule has 2 saturated carbocycles. The quantitative estimate of drug-likeness (QED) is 0.890. The summed E-state index contributed by atoms with van der Waals surface area (Å²) in [4.78, 5) is 21.4. The van der Waals surface area contributed by atoms with Crippen molar-refractivity contribution in [3.05, 3.63) is 17.7 Å². The highest BCUT2D eigenvalue weighted by Crippen LogP contribution is 2.45. The fourth-order valence-corrected chi connectivity index (χ4v) is 3.69. The number of rotatable bonds is 4. The minimum absolute atomic E-state index is 0.0606. The first-order valence-corrected chi connectivity index (χ1v) is 8.47. The first-order valence-electron chi connectivity index (χ1n) is 8.47. The summed E-state index contributed by atoms with van der Waals surface area (Å²) in [5, 5.41) is 7.26. The van der Waals surface area contributed by atoms with Gasteiger partial charge in [0.05, 0.1) is 24.2 Å². The summed E-state index contributed by atoms with van der Waals surface area (Å²) in [7, 11) is 0. The van der Waals surface area contributed by atoms with Gasteiger partial charge in [0.25, 0.3) is 5.91 Å². The molecule has 2 N–H and O–H groups in total. The molecule has 126 valence electrons. The van der Waals surface area contributed by atoms with E-state index >= 15 is 0 Å². The lowest BCUT2D eigenvalue weighted by atomic mass is 10.1. The van der Waals surface area contributed by atoms with Crippen LogP contribution in [-0.4, -0.2) is 40.7 Å². The van der Waals surface area contributed by atoms with E-state index in [1.54, 1.807) is 6.92 Å². The molecule has 2 aromatic heterocycles. The summed E-state index contributed by atoms with van der Waals surface area (Å²) in [5.41, 5.74) is 1.06. The van der Waals surface area contributed by atoms with Gasteiger partial charge in [-0.05, 0) is 26.7 Å². The molecule has 0 unspecified atom stereocenters. The first-order chi connectivity index (χ1) is 11.6. The molecular weight excluding hydrogens is 308 g/mol. The molecule has 3 atom stereocenters. The van der Waals surface area contributed by atoms with Crippen LogP contribution in [0.1, 0.15) is 35.9 Å². The number of fused-ring (bicyclic) bond motifs is 2. The Morgan fingerprint density at radius 3 is 2.75 bits per heavy atom. The van der Waals surface area contributed by atoms with Gasteiger partial charge in [-0.15, -0.1) is 0 Å². The van der Waals surface area contributed by atoms with E-state index in [4.69, 9.17) is 9.15 Å². The van der Waals surface area contributed by atoms with Crippen molar-refractivity contribution >= 4 is 22.8 Å². The number of aromatic nitrogens is 2. The Morgan fingerprint density at radius 1 is 1.29 bits per heavy atom. The van der Waals surface area contributed by atoms with Gasteiger partial charge in [0.15, 0.2) is 0 Å². The zero-order valence-corrected chi connectivity index (χ0v) is 13.8. The average molecular weight is 328 g/mol. The molecule has 1 saturated heterocycles. The van der Waals surface area contributed by atoms with Crippen LogP contribution in [0.3, 0.4) is 0 Å². The zero-order valence-electron chi connectivity index (χ0n) is 13.8. The van der Waals surface area contributed by atoms with Gasteiger partial charge in [-0.1, -0.05) is 0 Å². The van der Waals surface area contributed by atoms with Gasteiger partial charge in [-0.3, -0.25) is 4.79 Å². The Morgan fingerprint density at radius 2 is 2.04 bits per heavy atom. The molecule has 0 aromatic carbocycles. The summed E-state index contributed by atoms with van der Waals surface area (Å²) in [6.07, 6.45) is 3.67. The normalized spacial score (nSPS) is 29.3. The monoisotopic (exact) mass is 328 g/mol. The highest BCUT2D eigenvalue weighted by atomic mass is 16.5. The molecular formula is C17H20N4O3.